The Morgan fingerprint density at radius 1 is 1.13 bits per heavy atom. The third kappa shape index (κ3) is 9.53. The highest BCUT2D eigenvalue weighted by atomic mass is 35.5. The molecule has 0 bridgehead atoms. The fourth-order valence-corrected chi connectivity index (χ4v) is 3.23. The molecule has 0 aromatic heterocycles. The summed E-state index contributed by atoms with van der Waals surface area (Å²) in [6.07, 6.45) is 3.75. The van der Waals surface area contributed by atoms with Crippen LogP contribution in [0.3, 0.4) is 0 Å². The molecule has 0 aliphatic carbocycles. The molecule has 23 heavy (non-hydrogen) atoms. The molecule has 0 radical (unpaired) electrons. The van der Waals surface area contributed by atoms with E-state index >= 15 is 0 Å². The molecule has 1 aliphatic heterocycles. The number of carbonyl (C=O) groups excluding carboxylic acids is 1. The molecule has 0 atom stereocenters. The van der Waals surface area contributed by atoms with Crippen LogP contribution in [0.5, 0.6) is 0 Å². The number of piperidine rings is 1. The number of carbonyl (C=O) groups is 1. The standard InChI is InChI=1S/C18H37N3O.ClH/c1-15(2)12-21(13-16(3)4)18(22)14-20-10-7-17(8-11-20)6-9-19-5;/h15-17,19H,6-14H2,1-5H3;1H. The van der Waals surface area contributed by atoms with Gasteiger partial charge in [0.2, 0.25) is 5.91 Å². The van der Waals surface area contributed by atoms with Crippen LogP contribution in [0, 0.1) is 17.8 Å². The Balaban J connectivity index is 0.00000484. The minimum atomic E-state index is 0. The van der Waals surface area contributed by atoms with Crippen LogP contribution < -0.4 is 5.32 Å². The smallest absolute Gasteiger partial charge is 0.236 e. The summed E-state index contributed by atoms with van der Waals surface area (Å²) in [6, 6.07) is 0. The average Bonchev–Trinajstić information content (AvgIpc) is 2.45. The van der Waals surface area contributed by atoms with E-state index in [0.717, 1.165) is 38.6 Å². The van der Waals surface area contributed by atoms with Crippen molar-refractivity contribution in [3.8, 4) is 0 Å². The summed E-state index contributed by atoms with van der Waals surface area (Å²) >= 11 is 0. The minimum Gasteiger partial charge on any atom is -0.341 e. The molecule has 1 rings (SSSR count). The van der Waals surface area contributed by atoms with Crippen molar-refractivity contribution in [1.82, 2.24) is 15.1 Å². The van der Waals surface area contributed by atoms with Crippen LogP contribution in [-0.4, -0.2) is 62.0 Å². The normalized spacial score (nSPS) is 16.7. The van der Waals surface area contributed by atoms with Gasteiger partial charge in [-0.05, 0) is 63.7 Å². The van der Waals surface area contributed by atoms with E-state index < -0.39 is 0 Å². The number of rotatable bonds is 9. The first-order valence-electron chi connectivity index (χ1n) is 9.07. The molecule has 1 heterocycles. The highest BCUT2D eigenvalue weighted by Crippen LogP contribution is 2.20. The van der Waals surface area contributed by atoms with E-state index in [1.54, 1.807) is 0 Å². The zero-order chi connectivity index (χ0) is 16.5. The van der Waals surface area contributed by atoms with Gasteiger partial charge in [-0.15, -0.1) is 12.4 Å². The van der Waals surface area contributed by atoms with Crippen molar-refractivity contribution in [3.63, 3.8) is 0 Å². The van der Waals surface area contributed by atoms with E-state index in [2.05, 4.69) is 42.8 Å². The number of nitrogens with zero attached hydrogens (tertiary/aromatic N) is 2. The Morgan fingerprint density at radius 2 is 1.65 bits per heavy atom. The fraction of sp³-hybridized carbons (Fsp3) is 0.944. The first kappa shape index (κ1) is 22.7. The van der Waals surface area contributed by atoms with Crippen LogP contribution in [0.1, 0.15) is 47.0 Å². The number of nitrogens with one attached hydrogen (secondary N) is 1. The second-order valence-corrected chi connectivity index (χ2v) is 7.70. The van der Waals surface area contributed by atoms with Gasteiger partial charge in [0, 0.05) is 13.1 Å². The van der Waals surface area contributed by atoms with E-state index in [-0.39, 0.29) is 12.4 Å². The zero-order valence-corrected chi connectivity index (χ0v) is 16.6. The van der Waals surface area contributed by atoms with Crippen molar-refractivity contribution in [3.05, 3.63) is 0 Å². The van der Waals surface area contributed by atoms with Crippen LogP contribution >= 0.6 is 12.4 Å². The number of halogens is 1. The molecule has 0 aromatic carbocycles. The molecular formula is C18H38ClN3O. The van der Waals surface area contributed by atoms with Crippen molar-refractivity contribution >= 4 is 18.3 Å². The quantitative estimate of drug-likeness (QED) is 0.696. The lowest BCUT2D eigenvalue weighted by Gasteiger charge is -2.34. The van der Waals surface area contributed by atoms with Gasteiger partial charge in [-0.25, -0.2) is 0 Å². The van der Waals surface area contributed by atoms with Crippen molar-refractivity contribution in [2.75, 3.05) is 46.3 Å². The monoisotopic (exact) mass is 347 g/mol. The van der Waals surface area contributed by atoms with Gasteiger partial charge < -0.3 is 10.2 Å². The van der Waals surface area contributed by atoms with Crippen molar-refractivity contribution in [2.45, 2.75) is 47.0 Å². The molecule has 0 saturated carbocycles. The number of amides is 1. The Labute approximate surface area is 149 Å². The summed E-state index contributed by atoms with van der Waals surface area (Å²) in [4.78, 5) is 17.0. The van der Waals surface area contributed by atoms with Crippen molar-refractivity contribution in [1.29, 1.82) is 0 Å². The van der Waals surface area contributed by atoms with E-state index in [1.165, 1.54) is 19.3 Å². The topological polar surface area (TPSA) is 35.6 Å². The van der Waals surface area contributed by atoms with Crippen LogP contribution in [0.4, 0.5) is 0 Å². The summed E-state index contributed by atoms with van der Waals surface area (Å²) in [7, 11) is 2.02. The fourth-order valence-electron chi connectivity index (χ4n) is 3.23. The lowest BCUT2D eigenvalue weighted by molar-refractivity contribution is -0.133. The highest BCUT2D eigenvalue weighted by Gasteiger charge is 2.23. The summed E-state index contributed by atoms with van der Waals surface area (Å²) in [5, 5.41) is 3.24. The summed E-state index contributed by atoms with van der Waals surface area (Å²) in [5.74, 6) is 2.22. The molecule has 4 nitrogen and oxygen atoms in total. The lowest BCUT2D eigenvalue weighted by atomic mass is 9.93. The van der Waals surface area contributed by atoms with E-state index in [1.807, 2.05) is 7.05 Å². The predicted octanol–water partition coefficient (Wildman–Crippen LogP) is 2.87. The molecule has 0 spiro atoms. The predicted molar refractivity (Wildman–Crippen MR) is 101 cm³/mol. The Bertz CT molecular complexity index is 305. The first-order chi connectivity index (χ1) is 10.4. The molecular weight excluding hydrogens is 310 g/mol. The van der Waals surface area contributed by atoms with Crippen molar-refractivity contribution < 1.29 is 4.79 Å². The maximum absolute atomic E-state index is 12.6. The van der Waals surface area contributed by atoms with Gasteiger partial charge in [-0.1, -0.05) is 27.7 Å². The number of hydrogen-bond acceptors (Lipinski definition) is 3. The number of hydrogen-bond donors (Lipinski definition) is 1. The molecule has 1 fully saturated rings. The third-order valence-electron chi connectivity index (χ3n) is 4.39. The minimum absolute atomic E-state index is 0. The maximum atomic E-state index is 12.6. The summed E-state index contributed by atoms with van der Waals surface area (Å²) in [5.41, 5.74) is 0. The summed E-state index contributed by atoms with van der Waals surface area (Å²) in [6.45, 7) is 14.4. The SMILES string of the molecule is CNCCC1CCN(CC(=O)N(CC(C)C)CC(C)C)CC1.Cl. The summed E-state index contributed by atoms with van der Waals surface area (Å²) < 4.78 is 0. The second-order valence-electron chi connectivity index (χ2n) is 7.70. The lowest BCUT2D eigenvalue weighted by Crippen LogP contribution is -2.45. The molecule has 1 saturated heterocycles. The van der Waals surface area contributed by atoms with Gasteiger partial charge in [0.25, 0.3) is 0 Å². The largest absolute Gasteiger partial charge is 0.341 e. The van der Waals surface area contributed by atoms with Gasteiger partial charge in [-0.3, -0.25) is 9.69 Å². The van der Waals surface area contributed by atoms with Crippen LogP contribution in [0.15, 0.2) is 0 Å². The maximum Gasteiger partial charge on any atom is 0.236 e. The molecule has 0 aromatic rings. The van der Waals surface area contributed by atoms with Crippen molar-refractivity contribution in [2.24, 2.45) is 17.8 Å². The Morgan fingerprint density at radius 3 is 2.09 bits per heavy atom. The number of likely N-dealkylation sites (tertiary alicyclic amines) is 1. The molecule has 1 N–H and O–H groups in total. The molecule has 1 aliphatic rings. The third-order valence-corrected chi connectivity index (χ3v) is 4.39. The first-order valence-corrected chi connectivity index (χ1v) is 9.07. The van der Waals surface area contributed by atoms with Gasteiger partial charge in [0.05, 0.1) is 6.54 Å². The van der Waals surface area contributed by atoms with Gasteiger partial charge in [0.1, 0.15) is 0 Å². The van der Waals surface area contributed by atoms with Gasteiger partial charge in [0.15, 0.2) is 0 Å². The van der Waals surface area contributed by atoms with E-state index in [4.69, 9.17) is 0 Å². The highest BCUT2D eigenvalue weighted by molar-refractivity contribution is 5.85. The zero-order valence-electron chi connectivity index (χ0n) is 15.8. The van der Waals surface area contributed by atoms with Crippen LogP contribution in [0.2, 0.25) is 0 Å². The van der Waals surface area contributed by atoms with E-state index in [9.17, 15) is 4.79 Å². The second kappa shape index (κ2) is 12.1. The molecule has 1 amide bonds. The molecule has 0 unspecified atom stereocenters. The van der Waals surface area contributed by atoms with Gasteiger partial charge >= 0.3 is 0 Å². The van der Waals surface area contributed by atoms with Crippen LogP contribution in [0.25, 0.3) is 0 Å². The molecule has 5 heteroatoms. The van der Waals surface area contributed by atoms with Crippen LogP contribution in [-0.2, 0) is 4.79 Å². The Kier molecular flexibility index (Phi) is 11.9. The Hall–Kier alpha value is -0.320. The van der Waals surface area contributed by atoms with Gasteiger partial charge in [-0.2, -0.15) is 0 Å². The molecule has 138 valence electrons. The average molecular weight is 348 g/mol. The van der Waals surface area contributed by atoms with E-state index in [0.29, 0.717) is 24.3 Å².